The van der Waals surface area contributed by atoms with Crippen LogP contribution in [0.15, 0.2) is 36.5 Å². The summed E-state index contributed by atoms with van der Waals surface area (Å²) >= 11 is 0. The van der Waals surface area contributed by atoms with Gasteiger partial charge in [0, 0.05) is 19.8 Å². The molecule has 68 heavy (non-hydrogen) atoms. The van der Waals surface area contributed by atoms with E-state index in [-0.39, 0.29) is 19.8 Å². The SMILES string of the molecule is CCCCCCCCC=CCCCCCCCCOCCOP(=O)(OCCOCCCCCCCCC=CCCCCCCCC)OCCOCCCCCCCCC=CCCCCCCCC. The molecule has 0 aromatic rings. The third-order valence-electron chi connectivity index (χ3n) is 12.8. The van der Waals surface area contributed by atoms with Crippen molar-refractivity contribution in [1.29, 1.82) is 0 Å². The smallest absolute Gasteiger partial charge is 0.379 e. The topological polar surface area (TPSA) is 72.5 Å². The van der Waals surface area contributed by atoms with Crippen LogP contribution in [0.5, 0.6) is 0 Å². The van der Waals surface area contributed by atoms with Crippen molar-refractivity contribution in [2.45, 2.75) is 290 Å². The summed E-state index contributed by atoms with van der Waals surface area (Å²) in [5.41, 5.74) is 0. The molecule has 0 N–H and O–H groups in total. The lowest BCUT2D eigenvalue weighted by Crippen LogP contribution is -2.12. The van der Waals surface area contributed by atoms with Gasteiger partial charge in [0.1, 0.15) is 0 Å². The molecule has 0 saturated carbocycles. The lowest BCUT2D eigenvalue weighted by molar-refractivity contribution is 0.0327. The first-order valence-electron chi connectivity index (χ1n) is 29.9. The minimum atomic E-state index is -3.76. The van der Waals surface area contributed by atoms with Crippen molar-refractivity contribution in [3.8, 4) is 0 Å². The van der Waals surface area contributed by atoms with Gasteiger partial charge in [0.05, 0.1) is 39.6 Å². The lowest BCUT2D eigenvalue weighted by Gasteiger charge is -2.18. The van der Waals surface area contributed by atoms with Gasteiger partial charge in [-0.1, -0.05) is 231 Å². The van der Waals surface area contributed by atoms with Crippen LogP contribution in [-0.2, 0) is 32.3 Å². The Morgan fingerprint density at radius 2 is 0.426 bits per heavy atom. The molecule has 0 heterocycles. The van der Waals surface area contributed by atoms with Gasteiger partial charge in [-0.3, -0.25) is 13.6 Å². The Hall–Kier alpha value is -0.790. The predicted molar refractivity (Wildman–Crippen MR) is 296 cm³/mol. The molecule has 0 aliphatic heterocycles. The van der Waals surface area contributed by atoms with Crippen LogP contribution >= 0.6 is 7.82 Å². The van der Waals surface area contributed by atoms with Gasteiger partial charge in [0.25, 0.3) is 0 Å². The largest absolute Gasteiger partial charge is 0.475 e. The molecule has 0 aromatic carbocycles. The van der Waals surface area contributed by atoms with E-state index in [1.807, 2.05) is 0 Å². The summed E-state index contributed by atoms with van der Waals surface area (Å²) in [6.07, 6.45) is 68.5. The average molecular weight is 982 g/mol. The standard InChI is InChI=1S/C60H117O7P/c1-4-7-10-13-16-19-22-25-28-31-34-37-40-43-46-49-52-62-55-58-65-68(61,66-59-56-63-53-50-47-44-41-38-35-32-29-26-23-20-17-14-11-8-5-2)67-60-57-64-54-51-48-45-42-39-36-33-30-27-24-21-18-15-12-9-6-3/h25-30H,4-24,31-60H2,1-3H3. The Kier molecular flexibility index (Phi) is 59.8. The highest BCUT2D eigenvalue weighted by atomic mass is 31.2. The lowest BCUT2D eigenvalue weighted by atomic mass is 10.1. The van der Waals surface area contributed by atoms with Crippen molar-refractivity contribution in [2.75, 3.05) is 59.5 Å². The van der Waals surface area contributed by atoms with Crippen LogP contribution in [0, 0.1) is 0 Å². The summed E-state index contributed by atoms with van der Waals surface area (Å²) in [6.45, 7) is 10.5. The predicted octanol–water partition coefficient (Wildman–Crippen LogP) is 20.3. The van der Waals surface area contributed by atoms with Gasteiger partial charge in [-0.25, -0.2) is 4.57 Å². The first-order valence-corrected chi connectivity index (χ1v) is 31.4. The molecule has 0 spiro atoms. The second-order valence-corrected chi connectivity index (χ2v) is 21.3. The number of unbranched alkanes of at least 4 members (excludes halogenated alkanes) is 36. The van der Waals surface area contributed by atoms with E-state index >= 15 is 0 Å². The molecule has 0 amide bonds. The molecule has 0 aromatic heterocycles. The van der Waals surface area contributed by atoms with Crippen LogP contribution in [0.3, 0.4) is 0 Å². The monoisotopic (exact) mass is 981 g/mol. The quantitative estimate of drug-likeness (QED) is 0.0341. The van der Waals surface area contributed by atoms with Gasteiger partial charge in [-0.2, -0.15) is 0 Å². The maximum atomic E-state index is 13.5. The average Bonchev–Trinajstić information content (AvgIpc) is 3.34. The Morgan fingerprint density at radius 1 is 0.235 bits per heavy atom. The number of allylic oxidation sites excluding steroid dienone is 6. The van der Waals surface area contributed by atoms with Crippen molar-refractivity contribution < 1.29 is 32.3 Å². The van der Waals surface area contributed by atoms with E-state index in [0.29, 0.717) is 39.6 Å². The fourth-order valence-electron chi connectivity index (χ4n) is 8.40. The second kappa shape index (κ2) is 60.5. The number of phosphoric ester groups is 1. The van der Waals surface area contributed by atoms with Crippen LogP contribution in [0.1, 0.15) is 290 Å². The fourth-order valence-corrected chi connectivity index (χ4v) is 9.51. The van der Waals surface area contributed by atoms with Crippen molar-refractivity contribution >= 4 is 7.82 Å². The van der Waals surface area contributed by atoms with E-state index in [1.54, 1.807) is 0 Å². The molecular formula is C60H117O7P. The molecule has 0 unspecified atom stereocenters. The highest BCUT2D eigenvalue weighted by Crippen LogP contribution is 2.49. The highest BCUT2D eigenvalue weighted by Gasteiger charge is 2.26. The van der Waals surface area contributed by atoms with E-state index in [9.17, 15) is 4.57 Å². The van der Waals surface area contributed by atoms with Gasteiger partial charge >= 0.3 is 7.82 Å². The first kappa shape index (κ1) is 67.2. The van der Waals surface area contributed by atoms with E-state index < -0.39 is 7.82 Å². The summed E-state index contributed by atoms with van der Waals surface area (Å²) in [5.74, 6) is 0. The number of hydrogen-bond donors (Lipinski definition) is 0. The van der Waals surface area contributed by atoms with Gasteiger partial charge in [-0.05, 0) is 96.3 Å². The van der Waals surface area contributed by atoms with Crippen LogP contribution in [0.25, 0.3) is 0 Å². The number of hydrogen-bond acceptors (Lipinski definition) is 7. The summed E-state index contributed by atoms with van der Waals surface area (Å²) in [4.78, 5) is 0. The zero-order chi connectivity index (χ0) is 49.0. The number of phosphoric acid groups is 1. The van der Waals surface area contributed by atoms with Crippen LogP contribution < -0.4 is 0 Å². The molecule has 404 valence electrons. The minimum Gasteiger partial charge on any atom is -0.379 e. The van der Waals surface area contributed by atoms with Crippen molar-refractivity contribution in [2.24, 2.45) is 0 Å². The molecule has 0 saturated heterocycles. The molecule has 0 atom stereocenters. The van der Waals surface area contributed by atoms with Gasteiger partial charge in [-0.15, -0.1) is 0 Å². The Balaban J connectivity index is 4.16. The Morgan fingerprint density at radius 3 is 0.647 bits per heavy atom. The molecular weight excluding hydrogens is 864 g/mol. The van der Waals surface area contributed by atoms with Gasteiger partial charge in [0.2, 0.25) is 0 Å². The molecule has 7 nitrogen and oxygen atoms in total. The zero-order valence-electron chi connectivity index (χ0n) is 45.8. The number of ether oxygens (including phenoxy) is 3. The molecule has 8 heteroatoms. The summed E-state index contributed by atoms with van der Waals surface area (Å²) in [5, 5.41) is 0. The van der Waals surface area contributed by atoms with Gasteiger partial charge < -0.3 is 14.2 Å². The third kappa shape index (κ3) is 57.8. The summed E-state index contributed by atoms with van der Waals surface area (Å²) in [7, 11) is -3.76. The van der Waals surface area contributed by atoms with Crippen LogP contribution in [-0.4, -0.2) is 59.5 Å². The second-order valence-electron chi connectivity index (χ2n) is 19.6. The van der Waals surface area contributed by atoms with E-state index in [2.05, 4.69) is 57.2 Å². The summed E-state index contributed by atoms with van der Waals surface area (Å²) in [6, 6.07) is 0. The summed E-state index contributed by atoms with van der Waals surface area (Å²) < 4.78 is 48.1. The highest BCUT2D eigenvalue weighted by molar-refractivity contribution is 7.48. The maximum Gasteiger partial charge on any atom is 0.475 e. The van der Waals surface area contributed by atoms with Crippen molar-refractivity contribution in [3.63, 3.8) is 0 Å². The molecule has 0 fully saturated rings. The molecule has 0 aliphatic rings. The molecule has 0 aliphatic carbocycles. The molecule has 0 bridgehead atoms. The van der Waals surface area contributed by atoms with Crippen molar-refractivity contribution in [1.82, 2.24) is 0 Å². The zero-order valence-corrected chi connectivity index (χ0v) is 46.7. The Labute approximate surface area is 424 Å². The third-order valence-corrected chi connectivity index (χ3v) is 14.3. The fraction of sp³-hybridized carbons (Fsp3) is 0.900. The van der Waals surface area contributed by atoms with Gasteiger partial charge in [0.15, 0.2) is 0 Å². The normalized spacial score (nSPS) is 13.0. The van der Waals surface area contributed by atoms with Crippen LogP contribution in [0.2, 0.25) is 0 Å². The minimum absolute atomic E-state index is 0.163. The van der Waals surface area contributed by atoms with Crippen LogP contribution in [0.4, 0.5) is 0 Å². The Bertz CT molecular complexity index is 936. The van der Waals surface area contributed by atoms with E-state index in [1.165, 1.54) is 250 Å². The van der Waals surface area contributed by atoms with E-state index in [4.69, 9.17) is 27.8 Å². The number of rotatable bonds is 60. The maximum absolute atomic E-state index is 13.5. The first-order chi connectivity index (χ1) is 33.7. The molecule has 0 radical (unpaired) electrons. The molecule has 0 rings (SSSR count). The van der Waals surface area contributed by atoms with Crippen molar-refractivity contribution in [3.05, 3.63) is 36.5 Å². The van der Waals surface area contributed by atoms with E-state index in [0.717, 1.165) is 19.3 Å².